The van der Waals surface area contributed by atoms with Crippen molar-refractivity contribution in [1.29, 1.82) is 0 Å². The van der Waals surface area contributed by atoms with Crippen molar-refractivity contribution in [3.63, 3.8) is 0 Å². The van der Waals surface area contributed by atoms with Gasteiger partial charge in [0.15, 0.2) is 11.4 Å². The van der Waals surface area contributed by atoms with Crippen LogP contribution in [0.3, 0.4) is 0 Å². The summed E-state index contributed by atoms with van der Waals surface area (Å²) in [7, 11) is 0. The Morgan fingerprint density at radius 2 is 2.08 bits per heavy atom. The van der Waals surface area contributed by atoms with Gasteiger partial charge in [-0.2, -0.15) is 0 Å². The molecule has 1 aromatic rings. The van der Waals surface area contributed by atoms with E-state index in [4.69, 9.17) is 0 Å². The van der Waals surface area contributed by atoms with Crippen molar-refractivity contribution in [1.82, 2.24) is 4.98 Å². The number of anilines is 1. The highest BCUT2D eigenvalue weighted by molar-refractivity contribution is 7.15. The van der Waals surface area contributed by atoms with Crippen molar-refractivity contribution in [2.45, 2.75) is 20.8 Å². The van der Waals surface area contributed by atoms with E-state index in [0.29, 0.717) is 5.69 Å². The Labute approximate surface area is 82.4 Å². The molecule has 4 heteroatoms. The van der Waals surface area contributed by atoms with E-state index < -0.39 is 0 Å². The summed E-state index contributed by atoms with van der Waals surface area (Å²) in [5, 5.41) is 0.949. The average molecular weight is 198 g/mol. The van der Waals surface area contributed by atoms with Gasteiger partial charge in [0.2, 0.25) is 0 Å². The van der Waals surface area contributed by atoms with Crippen LogP contribution < -0.4 is 4.90 Å². The normalized spacial score (nSPS) is 10.1. The fourth-order valence-corrected chi connectivity index (χ4v) is 2.14. The molecule has 0 radical (unpaired) electrons. The fourth-order valence-electron chi connectivity index (χ4n) is 1.13. The van der Waals surface area contributed by atoms with Gasteiger partial charge in [-0.3, -0.25) is 4.79 Å². The fraction of sp³-hybridized carbons (Fsp3) is 0.556. The zero-order valence-corrected chi connectivity index (χ0v) is 9.02. The maximum atomic E-state index is 10.6. The van der Waals surface area contributed by atoms with Crippen LogP contribution >= 0.6 is 11.3 Å². The summed E-state index contributed by atoms with van der Waals surface area (Å²) in [5.74, 6) is 0. The molecule has 1 heterocycles. The van der Waals surface area contributed by atoms with Gasteiger partial charge in [0.25, 0.3) is 0 Å². The molecule has 72 valence electrons. The number of nitrogens with zero attached hydrogens (tertiary/aromatic N) is 2. The minimum Gasteiger partial charge on any atom is -0.349 e. The summed E-state index contributed by atoms with van der Waals surface area (Å²) < 4.78 is 0. The van der Waals surface area contributed by atoms with Gasteiger partial charge >= 0.3 is 0 Å². The molecule has 0 aliphatic heterocycles. The second kappa shape index (κ2) is 4.37. The number of aldehydes is 1. The number of carbonyl (C=O) groups is 1. The molecule has 13 heavy (non-hydrogen) atoms. The van der Waals surface area contributed by atoms with Crippen molar-refractivity contribution < 1.29 is 4.79 Å². The van der Waals surface area contributed by atoms with E-state index in [1.54, 1.807) is 11.3 Å². The van der Waals surface area contributed by atoms with E-state index in [-0.39, 0.29) is 0 Å². The maximum Gasteiger partial charge on any atom is 0.186 e. The number of aromatic nitrogens is 1. The van der Waals surface area contributed by atoms with Crippen molar-refractivity contribution in [3.05, 3.63) is 10.6 Å². The van der Waals surface area contributed by atoms with Gasteiger partial charge in [-0.15, -0.1) is 11.3 Å². The first kappa shape index (κ1) is 10.2. The molecule has 0 N–H and O–H groups in total. The molecule has 0 aliphatic rings. The van der Waals surface area contributed by atoms with Crippen LogP contribution in [0, 0.1) is 6.92 Å². The molecular weight excluding hydrogens is 184 g/mol. The first-order valence-electron chi connectivity index (χ1n) is 4.40. The topological polar surface area (TPSA) is 33.2 Å². The van der Waals surface area contributed by atoms with Crippen LogP contribution in [0.25, 0.3) is 0 Å². The molecule has 1 rings (SSSR count). The minimum atomic E-state index is 0.576. The van der Waals surface area contributed by atoms with E-state index in [0.717, 1.165) is 29.4 Å². The zero-order chi connectivity index (χ0) is 9.84. The summed E-state index contributed by atoms with van der Waals surface area (Å²) >= 11 is 1.58. The second-order valence-corrected chi connectivity index (χ2v) is 3.91. The monoisotopic (exact) mass is 198 g/mol. The smallest absolute Gasteiger partial charge is 0.186 e. The standard InChI is InChI=1S/C9H14N2OS/c1-4-11(5-2)9-10-8(6-12)7(3)13-9/h6H,4-5H2,1-3H3. The van der Waals surface area contributed by atoms with Crippen LogP contribution in [0.15, 0.2) is 0 Å². The molecule has 0 unspecified atom stereocenters. The quantitative estimate of drug-likeness (QED) is 0.695. The van der Waals surface area contributed by atoms with Crippen LogP contribution in [0.4, 0.5) is 5.13 Å². The third-order valence-electron chi connectivity index (χ3n) is 1.97. The Hall–Kier alpha value is -0.900. The Morgan fingerprint density at radius 3 is 2.46 bits per heavy atom. The number of thiazole rings is 1. The Kier molecular flexibility index (Phi) is 3.42. The van der Waals surface area contributed by atoms with Gasteiger partial charge < -0.3 is 4.90 Å². The van der Waals surface area contributed by atoms with E-state index in [1.807, 2.05) is 6.92 Å². The first-order valence-corrected chi connectivity index (χ1v) is 5.22. The van der Waals surface area contributed by atoms with Crippen molar-refractivity contribution in [2.75, 3.05) is 18.0 Å². The molecule has 0 saturated heterocycles. The average Bonchev–Trinajstić information content (AvgIpc) is 2.49. The number of carbonyl (C=O) groups excluding carboxylic acids is 1. The lowest BCUT2D eigenvalue weighted by atomic mass is 10.4. The molecular formula is C9H14N2OS. The van der Waals surface area contributed by atoms with E-state index in [9.17, 15) is 4.79 Å². The highest BCUT2D eigenvalue weighted by Gasteiger charge is 2.10. The highest BCUT2D eigenvalue weighted by atomic mass is 32.1. The lowest BCUT2D eigenvalue weighted by Crippen LogP contribution is -2.21. The Balaban J connectivity index is 2.94. The van der Waals surface area contributed by atoms with Gasteiger partial charge in [-0.1, -0.05) is 0 Å². The second-order valence-electron chi connectivity index (χ2n) is 2.73. The summed E-state index contributed by atoms with van der Waals surface area (Å²) in [4.78, 5) is 18.0. The lowest BCUT2D eigenvalue weighted by molar-refractivity contribution is 0.111. The largest absolute Gasteiger partial charge is 0.349 e. The molecule has 0 amide bonds. The summed E-state index contributed by atoms with van der Waals surface area (Å²) in [6, 6.07) is 0. The molecule has 0 atom stereocenters. The molecule has 0 spiro atoms. The number of hydrogen-bond acceptors (Lipinski definition) is 4. The van der Waals surface area contributed by atoms with E-state index >= 15 is 0 Å². The van der Waals surface area contributed by atoms with E-state index in [1.165, 1.54) is 0 Å². The highest BCUT2D eigenvalue weighted by Crippen LogP contribution is 2.24. The zero-order valence-electron chi connectivity index (χ0n) is 8.20. The van der Waals surface area contributed by atoms with Crippen LogP contribution in [-0.2, 0) is 0 Å². The van der Waals surface area contributed by atoms with Crippen LogP contribution in [0.2, 0.25) is 0 Å². The van der Waals surface area contributed by atoms with Gasteiger partial charge in [0.05, 0.1) is 0 Å². The SMILES string of the molecule is CCN(CC)c1nc(C=O)c(C)s1. The third kappa shape index (κ3) is 2.06. The molecule has 0 aromatic carbocycles. The number of aryl methyl sites for hydroxylation is 1. The van der Waals surface area contributed by atoms with Gasteiger partial charge in [-0.25, -0.2) is 4.98 Å². The lowest BCUT2D eigenvalue weighted by Gasteiger charge is -2.16. The summed E-state index contributed by atoms with van der Waals surface area (Å²) in [6.07, 6.45) is 0.818. The predicted octanol–water partition coefficient (Wildman–Crippen LogP) is 2.11. The minimum absolute atomic E-state index is 0.576. The predicted molar refractivity (Wildman–Crippen MR) is 55.8 cm³/mol. The Morgan fingerprint density at radius 1 is 1.46 bits per heavy atom. The molecule has 3 nitrogen and oxygen atoms in total. The van der Waals surface area contributed by atoms with Crippen molar-refractivity contribution in [2.24, 2.45) is 0 Å². The van der Waals surface area contributed by atoms with Crippen molar-refractivity contribution in [3.8, 4) is 0 Å². The summed E-state index contributed by atoms with van der Waals surface area (Å²) in [6.45, 7) is 7.96. The third-order valence-corrected chi connectivity index (χ3v) is 3.01. The Bertz CT molecular complexity index is 292. The van der Waals surface area contributed by atoms with Crippen molar-refractivity contribution >= 4 is 22.8 Å². The van der Waals surface area contributed by atoms with E-state index in [2.05, 4.69) is 23.7 Å². The first-order chi connectivity index (χ1) is 6.22. The van der Waals surface area contributed by atoms with Crippen LogP contribution in [-0.4, -0.2) is 24.4 Å². The molecule has 0 aliphatic carbocycles. The number of hydrogen-bond donors (Lipinski definition) is 0. The molecule has 0 fully saturated rings. The van der Waals surface area contributed by atoms with Gasteiger partial charge in [0, 0.05) is 18.0 Å². The van der Waals surface area contributed by atoms with Gasteiger partial charge in [-0.05, 0) is 20.8 Å². The molecule has 1 aromatic heterocycles. The summed E-state index contributed by atoms with van der Waals surface area (Å²) in [5.41, 5.74) is 0.576. The molecule has 0 saturated carbocycles. The van der Waals surface area contributed by atoms with Crippen LogP contribution in [0.1, 0.15) is 29.2 Å². The number of rotatable bonds is 4. The van der Waals surface area contributed by atoms with Gasteiger partial charge in [0.1, 0.15) is 5.69 Å². The molecule has 0 bridgehead atoms. The van der Waals surface area contributed by atoms with Crippen LogP contribution in [0.5, 0.6) is 0 Å². The maximum absolute atomic E-state index is 10.6.